The van der Waals surface area contributed by atoms with Crippen molar-refractivity contribution >= 4 is 27.8 Å². The second-order valence-electron chi connectivity index (χ2n) is 16.0. The number of rotatable bonds is 6. The maximum atomic E-state index is 2.50. The van der Waals surface area contributed by atoms with E-state index in [1.54, 1.807) is 0 Å². The summed E-state index contributed by atoms with van der Waals surface area (Å²) in [6.45, 7) is 0. The Kier molecular flexibility index (Phi) is 7.83. The van der Waals surface area contributed by atoms with Crippen molar-refractivity contribution in [2.45, 2.75) is 5.41 Å². The van der Waals surface area contributed by atoms with E-state index in [0.29, 0.717) is 0 Å². The van der Waals surface area contributed by atoms with Crippen molar-refractivity contribution < 1.29 is 0 Å². The Hall–Kier alpha value is -7.74. The lowest BCUT2D eigenvalue weighted by Crippen LogP contribution is -2.26. The molecule has 0 atom stereocenters. The molecule has 0 bridgehead atoms. The lowest BCUT2D eigenvalue weighted by atomic mass is 9.70. The first-order valence-electron chi connectivity index (χ1n) is 20.8. The van der Waals surface area contributed by atoms with Crippen molar-refractivity contribution in [1.29, 1.82) is 0 Å². The van der Waals surface area contributed by atoms with Crippen LogP contribution in [0.15, 0.2) is 237 Å². The van der Waals surface area contributed by atoms with Gasteiger partial charge in [-0.05, 0) is 113 Å². The van der Waals surface area contributed by atoms with E-state index < -0.39 is 5.41 Å². The van der Waals surface area contributed by atoms with Gasteiger partial charge in [-0.25, -0.2) is 0 Å². The third kappa shape index (κ3) is 5.06. The van der Waals surface area contributed by atoms with E-state index in [2.05, 4.69) is 241 Å². The van der Waals surface area contributed by atoms with Gasteiger partial charge in [0.1, 0.15) is 0 Å². The van der Waals surface area contributed by atoms with Gasteiger partial charge in [-0.2, -0.15) is 0 Å². The molecule has 280 valence electrons. The van der Waals surface area contributed by atoms with Crippen LogP contribution in [-0.2, 0) is 5.41 Å². The third-order valence-corrected chi connectivity index (χ3v) is 12.9. The van der Waals surface area contributed by atoms with Crippen LogP contribution < -0.4 is 4.90 Å². The highest BCUT2D eigenvalue weighted by atomic mass is 15.1. The summed E-state index contributed by atoms with van der Waals surface area (Å²) in [5.74, 6) is 0. The van der Waals surface area contributed by atoms with Crippen LogP contribution in [0.3, 0.4) is 0 Å². The summed E-state index contributed by atoms with van der Waals surface area (Å²) >= 11 is 0. The molecule has 0 radical (unpaired) electrons. The van der Waals surface area contributed by atoms with E-state index in [0.717, 1.165) is 17.1 Å². The number of nitrogens with zero attached hydrogens (tertiary/aromatic N) is 1. The van der Waals surface area contributed by atoms with E-state index in [4.69, 9.17) is 0 Å². The van der Waals surface area contributed by atoms with Gasteiger partial charge in [-0.3, -0.25) is 0 Å². The molecule has 0 heterocycles. The van der Waals surface area contributed by atoms with Gasteiger partial charge in [0.25, 0.3) is 0 Å². The Morgan fingerprint density at radius 3 is 1.33 bits per heavy atom. The minimum atomic E-state index is -0.447. The average molecular weight is 762 g/mol. The third-order valence-electron chi connectivity index (χ3n) is 12.9. The van der Waals surface area contributed by atoms with Crippen molar-refractivity contribution in [2.24, 2.45) is 0 Å². The summed E-state index contributed by atoms with van der Waals surface area (Å²) in [6, 6.07) is 87.3. The van der Waals surface area contributed by atoms with Crippen LogP contribution in [0, 0.1) is 0 Å². The summed E-state index contributed by atoms with van der Waals surface area (Å²) in [5.41, 5.74) is 20.7. The molecule has 2 aliphatic rings. The summed E-state index contributed by atoms with van der Waals surface area (Å²) in [4.78, 5) is 2.49. The summed E-state index contributed by atoms with van der Waals surface area (Å²) in [7, 11) is 0. The number of fused-ring (bicyclic) bond motifs is 11. The fourth-order valence-electron chi connectivity index (χ4n) is 10.4. The molecule has 1 spiro atoms. The van der Waals surface area contributed by atoms with Crippen LogP contribution in [0.25, 0.3) is 66.4 Å². The molecule has 0 N–H and O–H groups in total. The molecule has 0 unspecified atom stereocenters. The number of hydrogen-bond acceptors (Lipinski definition) is 1. The Balaban J connectivity index is 1.12. The topological polar surface area (TPSA) is 3.24 Å². The van der Waals surface area contributed by atoms with Gasteiger partial charge in [0.05, 0.1) is 11.1 Å². The first-order chi connectivity index (χ1) is 29.8. The van der Waals surface area contributed by atoms with Crippen molar-refractivity contribution in [1.82, 2.24) is 0 Å². The van der Waals surface area contributed by atoms with Crippen molar-refractivity contribution in [3.63, 3.8) is 0 Å². The van der Waals surface area contributed by atoms with Crippen LogP contribution in [-0.4, -0.2) is 0 Å². The predicted octanol–water partition coefficient (Wildman–Crippen LogP) is 15.7. The minimum absolute atomic E-state index is 0.447. The minimum Gasteiger partial charge on any atom is -0.310 e. The molecule has 1 nitrogen and oxygen atoms in total. The molecular weight excluding hydrogens is 723 g/mol. The van der Waals surface area contributed by atoms with Gasteiger partial charge in [-0.1, -0.05) is 206 Å². The lowest BCUT2D eigenvalue weighted by Gasteiger charge is -2.33. The summed E-state index contributed by atoms with van der Waals surface area (Å²) in [6.07, 6.45) is 0. The average Bonchev–Trinajstić information content (AvgIpc) is 3.79. The smallest absolute Gasteiger partial charge is 0.0726 e. The van der Waals surface area contributed by atoms with Gasteiger partial charge in [0.15, 0.2) is 0 Å². The molecule has 12 rings (SSSR count). The SMILES string of the molecule is c1ccc(-c2ccccc2-c2ccc(N(c3ccc4c(c3)C3(c5ccccc5-c5ccccc53)c3ccccc3-4)c3ccc4ccccc4c3-c3ccccc3)cc2)cc1. The Bertz CT molecular complexity index is 3190. The van der Waals surface area contributed by atoms with Crippen LogP contribution in [0.2, 0.25) is 0 Å². The zero-order valence-electron chi connectivity index (χ0n) is 33.0. The molecule has 0 aromatic heterocycles. The zero-order valence-corrected chi connectivity index (χ0v) is 33.0. The molecule has 0 saturated carbocycles. The molecule has 2 aliphatic carbocycles. The van der Waals surface area contributed by atoms with E-state index in [1.165, 1.54) is 88.7 Å². The zero-order chi connectivity index (χ0) is 39.6. The number of anilines is 3. The Labute approximate surface area is 351 Å². The highest BCUT2D eigenvalue weighted by Crippen LogP contribution is 2.63. The van der Waals surface area contributed by atoms with Gasteiger partial charge < -0.3 is 4.90 Å². The van der Waals surface area contributed by atoms with Crippen LogP contribution >= 0.6 is 0 Å². The van der Waals surface area contributed by atoms with E-state index in [-0.39, 0.29) is 0 Å². The fraction of sp³-hybridized carbons (Fsp3) is 0.0169. The maximum absolute atomic E-state index is 2.50. The highest BCUT2D eigenvalue weighted by Gasteiger charge is 2.51. The molecule has 0 aliphatic heterocycles. The molecular formula is C59H39N. The molecule has 10 aromatic carbocycles. The highest BCUT2D eigenvalue weighted by molar-refractivity contribution is 6.06. The standard InChI is InChI=1S/C59H39N/c1-3-17-40(18-4-1)46-22-9-10-23-47(46)42-31-34-44(35-32-42)60(57-38-33-41-19-7-8-24-48(41)58(57)43-20-5-2-6-21-43)45-36-37-52-51-27-13-16-30-55(51)59(56(52)39-45)53-28-14-11-25-49(53)50-26-12-15-29-54(50)59/h1-39H. The predicted molar refractivity (Wildman–Crippen MR) is 251 cm³/mol. The second-order valence-corrected chi connectivity index (χ2v) is 16.0. The molecule has 10 aromatic rings. The number of benzene rings is 10. The normalized spacial score (nSPS) is 12.8. The second kappa shape index (κ2) is 13.7. The van der Waals surface area contributed by atoms with E-state index >= 15 is 0 Å². The van der Waals surface area contributed by atoms with Gasteiger partial charge in [0, 0.05) is 16.9 Å². The first-order valence-corrected chi connectivity index (χ1v) is 20.8. The van der Waals surface area contributed by atoms with E-state index in [1.807, 2.05) is 0 Å². The number of hydrogen-bond donors (Lipinski definition) is 0. The fourth-order valence-corrected chi connectivity index (χ4v) is 10.4. The van der Waals surface area contributed by atoms with Crippen molar-refractivity contribution in [2.75, 3.05) is 4.90 Å². The maximum Gasteiger partial charge on any atom is 0.0726 e. The molecule has 0 saturated heterocycles. The molecule has 1 heteroatoms. The monoisotopic (exact) mass is 761 g/mol. The quantitative estimate of drug-likeness (QED) is 0.163. The van der Waals surface area contributed by atoms with Crippen molar-refractivity contribution in [3.8, 4) is 55.6 Å². The Morgan fingerprint density at radius 1 is 0.283 bits per heavy atom. The van der Waals surface area contributed by atoms with Gasteiger partial charge in [0.2, 0.25) is 0 Å². The Morgan fingerprint density at radius 2 is 0.733 bits per heavy atom. The lowest BCUT2D eigenvalue weighted by molar-refractivity contribution is 0.793. The molecule has 60 heavy (non-hydrogen) atoms. The van der Waals surface area contributed by atoms with Crippen LogP contribution in [0.5, 0.6) is 0 Å². The van der Waals surface area contributed by atoms with E-state index in [9.17, 15) is 0 Å². The van der Waals surface area contributed by atoms with Gasteiger partial charge >= 0.3 is 0 Å². The van der Waals surface area contributed by atoms with Gasteiger partial charge in [-0.15, -0.1) is 0 Å². The largest absolute Gasteiger partial charge is 0.310 e. The first kappa shape index (κ1) is 34.3. The van der Waals surface area contributed by atoms with Crippen LogP contribution in [0.1, 0.15) is 22.3 Å². The molecule has 0 fully saturated rings. The summed E-state index contributed by atoms with van der Waals surface area (Å²) in [5, 5.41) is 2.44. The van der Waals surface area contributed by atoms with Crippen LogP contribution in [0.4, 0.5) is 17.1 Å². The molecule has 0 amide bonds. The van der Waals surface area contributed by atoms with Crippen molar-refractivity contribution in [3.05, 3.63) is 259 Å². The summed E-state index contributed by atoms with van der Waals surface area (Å²) < 4.78 is 0.